The molecule has 0 N–H and O–H groups in total. The maximum Gasteiger partial charge on any atom is 0.230 e. The number of benzene rings is 2. The van der Waals surface area contributed by atoms with Crippen LogP contribution in [0.25, 0.3) is 0 Å². The standard InChI is InChI=1S/C23H23N3O2/c1-16(18-6-4-3-5-7-18)23(27)26-14-19-13-24-22(25-21(19)15-26)12-17-8-10-20(28-2)11-9-17/h3-11,13,16H,12,14-15H2,1-2H3/t16-/m0/s1. The highest BCUT2D eigenvalue weighted by atomic mass is 16.5. The molecule has 0 bridgehead atoms. The van der Waals surface area contributed by atoms with Crippen molar-refractivity contribution < 1.29 is 9.53 Å². The Balaban J connectivity index is 1.45. The summed E-state index contributed by atoms with van der Waals surface area (Å²) in [4.78, 5) is 24.0. The Labute approximate surface area is 165 Å². The lowest BCUT2D eigenvalue weighted by Crippen LogP contribution is -2.29. The zero-order valence-corrected chi connectivity index (χ0v) is 16.1. The Morgan fingerprint density at radius 3 is 2.57 bits per heavy atom. The van der Waals surface area contributed by atoms with Gasteiger partial charge in [-0.1, -0.05) is 42.5 Å². The van der Waals surface area contributed by atoms with Gasteiger partial charge in [-0.15, -0.1) is 0 Å². The highest BCUT2D eigenvalue weighted by Gasteiger charge is 2.28. The van der Waals surface area contributed by atoms with Gasteiger partial charge in [0, 0.05) is 24.7 Å². The first-order chi connectivity index (χ1) is 13.6. The Morgan fingerprint density at radius 1 is 1.11 bits per heavy atom. The van der Waals surface area contributed by atoms with Crippen LogP contribution in [-0.2, 0) is 24.3 Å². The molecule has 0 spiro atoms. The molecule has 1 atom stereocenters. The molecule has 0 aliphatic carbocycles. The van der Waals surface area contributed by atoms with Crippen molar-refractivity contribution in [2.75, 3.05) is 7.11 Å². The second-order valence-electron chi connectivity index (χ2n) is 7.11. The van der Waals surface area contributed by atoms with E-state index in [9.17, 15) is 4.79 Å². The number of nitrogens with zero attached hydrogens (tertiary/aromatic N) is 3. The van der Waals surface area contributed by atoms with Crippen molar-refractivity contribution in [3.63, 3.8) is 0 Å². The van der Waals surface area contributed by atoms with E-state index >= 15 is 0 Å². The van der Waals surface area contributed by atoms with Crippen LogP contribution in [0.15, 0.2) is 60.8 Å². The zero-order chi connectivity index (χ0) is 19.5. The number of aromatic nitrogens is 2. The van der Waals surface area contributed by atoms with Crippen molar-refractivity contribution in [2.24, 2.45) is 0 Å². The summed E-state index contributed by atoms with van der Waals surface area (Å²) in [6, 6.07) is 17.8. The van der Waals surface area contributed by atoms with E-state index in [1.807, 2.05) is 72.6 Å². The Kier molecular flexibility index (Phi) is 5.06. The van der Waals surface area contributed by atoms with Crippen molar-refractivity contribution in [1.29, 1.82) is 0 Å². The van der Waals surface area contributed by atoms with Crippen LogP contribution in [0.4, 0.5) is 0 Å². The van der Waals surface area contributed by atoms with Gasteiger partial charge in [0.25, 0.3) is 0 Å². The van der Waals surface area contributed by atoms with Crippen LogP contribution in [0.3, 0.4) is 0 Å². The third-order valence-corrected chi connectivity index (χ3v) is 5.21. The number of hydrogen-bond donors (Lipinski definition) is 0. The predicted octanol–water partition coefficient (Wildman–Crippen LogP) is 3.72. The highest BCUT2D eigenvalue weighted by Crippen LogP contribution is 2.26. The van der Waals surface area contributed by atoms with Gasteiger partial charge in [0.1, 0.15) is 11.6 Å². The Hall–Kier alpha value is -3.21. The third kappa shape index (κ3) is 3.74. The van der Waals surface area contributed by atoms with Gasteiger partial charge in [0.05, 0.1) is 25.3 Å². The molecule has 0 fully saturated rings. The molecule has 2 aromatic carbocycles. The molecule has 0 radical (unpaired) electrons. The van der Waals surface area contributed by atoms with Crippen LogP contribution in [0.1, 0.15) is 41.1 Å². The summed E-state index contributed by atoms with van der Waals surface area (Å²) in [5, 5.41) is 0. The first-order valence-corrected chi connectivity index (χ1v) is 9.44. The smallest absolute Gasteiger partial charge is 0.230 e. The van der Waals surface area contributed by atoms with Gasteiger partial charge in [-0.3, -0.25) is 4.79 Å². The molecule has 1 aromatic heterocycles. The molecule has 1 amide bonds. The number of ether oxygens (including phenoxy) is 1. The number of amides is 1. The summed E-state index contributed by atoms with van der Waals surface area (Å²) < 4.78 is 5.20. The van der Waals surface area contributed by atoms with E-state index in [0.29, 0.717) is 19.5 Å². The molecular weight excluding hydrogens is 350 g/mol. The van der Waals surface area contributed by atoms with Crippen LogP contribution >= 0.6 is 0 Å². The molecule has 0 unspecified atom stereocenters. The van der Waals surface area contributed by atoms with Crippen molar-refractivity contribution >= 4 is 5.91 Å². The number of carbonyl (C=O) groups excluding carboxylic acids is 1. The fraction of sp³-hybridized carbons (Fsp3) is 0.261. The lowest BCUT2D eigenvalue weighted by molar-refractivity contribution is -0.133. The van der Waals surface area contributed by atoms with Gasteiger partial charge in [-0.25, -0.2) is 9.97 Å². The van der Waals surface area contributed by atoms with Crippen LogP contribution < -0.4 is 4.74 Å². The minimum atomic E-state index is -0.165. The molecule has 3 aromatic rings. The zero-order valence-electron chi connectivity index (χ0n) is 16.1. The van der Waals surface area contributed by atoms with Gasteiger partial charge in [-0.05, 0) is 30.2 Å². The summed E-state index contributed by atoms with van der Waals surface area (Å²) in [6.07, 6.45) is 2.52. The number of methoxy groups -OCH3 is 1. The van der Waals surface area contributed by atoms with Gasteiger partial charge in [0.15, 0.2) is 0 Å². The second kappa shape index (κ2) is 7.80. The number of hydrogen-bond acceptors (Lipinski definition) is 4. The molecular formula is C23H23N3O2. The fourth-order valence-electron chi connectivity index (χ4n) is 3.52. The molecule has 0 saturated carbocycles. The van der Waals surface area contributed by atoms with E-state index in [0.717, 1.165) is 34.0 Å². The maximum atomic E-state index is 12.9. The van der Waals surface area contributed by atoms with Gasteiger partial charge >= 0.3 is 0 Å². The topological polar surface area (TPSA) is 55.3 Å². The molecule has 28 heavy (non-hydrogen) atoms. The second-order valence-corrected chi connectivity index (χ2v) is 7.11. The molecule has 5 heteroatoms. The summed E-state index contributed by atoms with van der Waals surface area (Å²) in [5.74, 6) is 1.57. The van der Waals surface area contributed by atoms with Crippen LogP contribution in [0.2, 0.25) is 0 Å². The van der Waals surface area contributed by atoms with E-state index in [4.69, 9.17) is 9.72 Å². The molecule has 4 rings (SSSR count). The van der Waals surface area contributed by atoms with Crippen LogP contribution in [0, 0.1) is 0 Å². The normalized spacial score (nSPS) is 13.9. The summed E-state index contributed by atoms with van der Waals surface area (Å²) in [5.41, 5.74) is 4.15. The first-order valence-electron chi connectivity index (χ1n) is 9.44. The van der Waals surface area contributed by atoms with E-state index in [2.05, 4.69) is 4.98 Å². The van der Waals surface area contributed by atoms with Crippen molar-refractivity contribution in [1.82, 2.24) is 14.9 Å². The van der Waals surface area contributed by atoms with Gasteiger partial charge in [-0.2, -0.15) is 0 Å². The molecule has 142 valence electrons. The third-order valence-electron chi connectivity index (χ3n) is 5.21. The SMILES string of the molecule is COc1ccc(Cc2ncc3c(n2)CN(C(=O)[C@@H](C)c2ccccc2)C3)cc1. The lowest BCUT2D eigenvalue weighted by atomic mass is 10.00. The molecule has 1 aliphatic heterocycles. The van der Waals surface area contributed by atoms with E-state index < -0.39 is 0 Å². The minimum Gasteiger partial charge on any atom is -0.497 e. The average Bonchev–Trinajstić information content (AvgIpc) is 3.17. The lowest BCUT2D eigenvalue weighted by Gasteiger charge is -2.20. The highest BCUT2D eigenvalue weighted by molar-refractivity contribution is 5.83. The number of fused-ring (bicyclic) bond motifs is 1. The quantitative estimate of drug-likeness (QED) is 0.684. The van der Waals surface area contributed by atoms with E-state index in [1.165, 1.54) is 0 Å². The monoisotopic (exact) mass is 373 g/mol. The minimum absolute atomic E-state index is 0.126. The maximum absolute atomic E-state index is 12.9. The Bertz CT molecular complexity index is 971. The summed E-state index contributed by atoms with van der Waals surface area (Å²) in [7, 11) is 1.66. The molecule has 1 aliphatic rings. The largest absolute Gasteiger partial charge is 0.497 e. The van der Waals surface area contributed by atoms with Crippen molar-refractivity contribution in [2.45, 2.75) is 32.4 Å². The summed E-state index contributed by atoms with van der Waals surface area (Å²) in [6.45, 7) is 3.08. The Morgan fingerprint density at radius 2 is 1.86 bits per heavy atom. The first kappa shape index (κ1) is 18.2. The van der Waals surface area contributed by atoms with Gasteiger partial charge < -0.3 is 9.64 Å². The number of carbonyl (C=O) groups is 1. The van der Waals surface area contributed by atoms with Crippen molar-refractivity contribution in [3.8, 4) is 5.75 Å². The van der Waals surface area contributed by atoms with E-state index in [1.54, 1.807) is 7.11 Å². The van der Waals surface area contributed by atoms with Gasteiger partial charge in [0.2, 0.25) is 5.91 Å². The van der Waals surface area contributed by atoms with Crippen LogP contribution in [-0.4, -0.2) is 27.9 Å². The molecule has 0 saturated heterocycles. The predicted molar refractivity (Wildman–Crippen MR) is 107 cm³/mol. The molecule has 2 heterocycles. The van der Waals surface area contributed by atoms with E-state index in [-0.39, 0.29) is 11.8 Å². The average molecular weight is 373 g/mol. The fourth-order valence-corrected chi connectivity index (χ4v) is 3.52. The number of rotatable bonds is 5. The van der Waals surface area contributed by atoms with Crippen LogP contribution in [0.5, 0.6) is 5.75 Å². The van der Waals surface area contributed by atoms with Crippen molar-refractivity contribution in [3.05, 3.63) is 89.0 Å². The summed E-state index contributed by atoms with van der Waals surface area (Å²) >= 11 is 0. The molecule has 5 nitrogen and oxygen atoms in total.